The summed E-state index contributed by atoms with van der Waals surface area (Å²) in [5, 5.41) is 37.9. The number of hydrogen-bond acceptors (Lipinski definition) is 12. The smallest absolute Gasteiger partial charge is 0.143 e. The Morgan fingerprint density at radius 1 is 0.283 bits per heavy atom. The van der Waals surface area contributed by atoms with Crippen LogP contribution >= 0.6 is 0 Å². The molecule has 0 unspecified atom stereocenters. The van der Waals surface area contributed by atoms with Gasteiger partial charge in [0.05, 0.1) is 67.6 Å². The second kappa shape index (κ2) is 17.2. The maximum absolute atomic E-state index is 9.48. The SMILES string of the molecule is Cc1nc2cccc(O)c2nc1C.Cc1nc2cccc(O)c2nc1C.Cc1nc2cccc(O)c2nc1C.Cc1nc2cccc(O)c2nc1C.[Zr]. The van der Waals surface area contributed by atoms with Gasteiger partial charge >= 0.3 is 0 Å². The second-order valence-corrected chi connectivity index (χ2v) is 12.2. The quantitative estimate of drug-likeness (QED) is 0.117. The molecule has 13 heteroatoms. The Morgan fingerprint density at radius 3 is 0.642 bits per heavy atom. The molecule has 0 bridgehead atoms. The van der Waals surface area contributed by atoms with Gasteiger partial charge in [0, 0.05) is 26.2 Å². The van der Waals surface area contributed by atoms with Crippen molar-refractivity contribution in [2.75, 3.05) is 0 Å². The molecule has 0 aliphatic heterocycles. The zero-order chi connectivity index (χ0) is 37.7. The van der Waals surface area contributed by atoms with Gasteiger partial charge in [0.15, 0.2) is 0 Å². The van der Waals surface area contributed by atoms with E-state index in [0.717, 1.165) is 67.6 Å². The van der Waals surface area contributed by atoms with E-state index in [1.165, 1.54) is 0 Å². The molecule has 0 saturated heterocycles. The third-order valence-electron chi connectivity index (χ3n) is 8.34. The van der Waals surface area contributed by atoms with E-state index >= 15 is 0 Å². The van der Waals surface area contributed by atoms with Crippen LogP contribution in [0.2, 0.25) is 0 Å². The van der Waals surface area contributed by atoms with E-state index in [1.54, 1.807) is 48.5 Å². The average molecular weight is 788 g/mol. The van der Waals surface area contributed by atoms with Crippen molar-refractivity contribution in [2.45, 2.75) is 55.4 Å². The molecule has 4 N–H and O–H groups in total. The first-order valence-corrected chi connectivity index (χ1v) is 16.4. The van der Waals surface area contributed by atoms with Gasteiger partial charge in [-0.1, -0.05) is 24.3 Å². The monoisotopic (exact) mass is 786 g/mol. The standard InChI is InChI=1S/4C10H10N2O.Zr/c4*1-6-7(2)12-10-8(11-6)4-3-5-9(10)13;/h4*3-5,13H,1-2H3;. The summed E-state index contributed by atoms with van der Waals surface area (Å²) < 4.78 is 0. The summed E-state index contributed by atoms with van der Waals surface area (Å²) in [4.78, 5) is 34.3. The number of aromatic nitrogens is 8. The van der Waals surface area contributed by atoms with Crippen LogP contribution in [0, 0.1) is 55.4 Å². The minimum atomic E-state index is 0. The van der Waals surface area contributed by atoms with Crippen molar-refractivity contribution >= 4 is 44.1 Å². The van der Waals surface area contributed by atoms with Crippen molar-refractivity contribution in [3.63, 3.8) is 0 Å². The third-order valence-corrected chi connectivity index (χ3v) is 8.34. The average Bonchev–Trinajstić information content (AvgIpc) is 3.10. The summed E-state index contributed by atoms with van der Waals surface area (Å²) in [5.41, 5.74) is 12.3. The maximum Gasteiger partial charge on any atom is 0.143 e. The summed E-state index contributed by atoms with van der Waals surface area (Å²) in [7, 11) is 0. The van der Waals surface area contributed by atoms with E-state index in [4.69, 9.17) is 0 Å². The van der Waals surface area contributed by atoms with Crippen LogP contribution in [0.25, 0.3) is 44.1 Å². The molecule has 53 heavy (non-hydrogen) atoms. The molecular formula is C40H40N8O4Zr. The van der Waals surface area contributed by atoms with E-state index < -0.39 is 0 Å². The number of nitrogens with zero attached hydrogens (tertiary/aromatic N) is 8. The molecular weight excluding hydrogens is 748 g/mol. The Hall–Kier alpha value is -5.68. The maximum atomic E-state index is 9.48. The number of fused-ring (bicyclic) bond motifs is 4. The number of phenols is 4. The van der Waals surface area contributed by atoms with Crippen molar-refractivity contribution < 1.29 is 46.6 Å². The van der Waals surface area contributed by atoms with Crippen LogP contribution in [-0.4, -0.2) is 60.3 Å². The molecule has 0 aliphatic carbocycles. The zero-order valence-corrected chi connectivity index (χ0v) is 33.3. The van der Waals surface area contributed by atoms with Crippen LogP contribution < -0.4 is 0 Å². The molecule has 0 fully saturated rings. The molecule has 4 aromatic carbocycles. The summed E-state index contributed by atoms with van der Waals surface area (Å²) >= 11 is 0. The number of aryl methyl sites for hydroxylation is 8. The van der Waals surface area contributed by atoms with E-state index in [2.05, 4.69) is 39.9 Å². The summed E-state index contributed by atoms with van der Waals surface area (Å²) in [6, 6.07) is 20.9. The molecule has 268 valence electrons. The van der Waals surface area contributed by atoms with Gasteiger partial charge in [0.25, 0.3) is 0 Å². The number of phenolic OH excluding ortho intramolecular Hbond substituents is 4. The molecule has 4 heterocycles. The van der Waals surface area contributed by atoms with Gasteiger partial charge in [-0.05, 0) is 104 Å². The predicted molar refractivity (Wildman–Crippen MR) is 203 cm³/mol. The third kappa shape index (κ3) is 9.41. The van der Waals surface area contributed by atoms with Gasteiger partial charge in [-0.3, -0.25) is 0 Å². The van der Waals surface area contributed by atoms with Crippen molar-refractivity contribution in [2.24, 2.45) is 0 Å². The Balaban J connectivity index is 0.000000157. The van der Waals surface area contributed by atoms with E-state index in [-0.39, 0.29) is 49.2 Å². The molecule has 4 aromatic heterocycles. The van der Waals surface area contributed by atoms with E-state index in [9.17, 15) is 20.4 Å². The molecule has 0 aliphatic rings. The molecule has 12 nitrogen and oxygen atoms in total. The van der Waals surface area contributed by atoms with Gasteiger partial charge in [-0.25, -0.2) is 39.9 Å². The number of para-hydroxylation sites is 4. The first kappa shape index (κ1) is 40.1. The van der Waals surface area contributed by atoms with Crippen molar-refractivity contribution in [3.05, 3.63) is 118 Å². The first-order chi connectivity index (χ1) is 24.7. The minimum Gasteiger partial charge on any atom is -0.506 e. The van der Waals surface area contributed by atoms with Crippen molar-refractivity contribution in [1.82, 2.24) is 39.9 Å². The van der Waals surface area contributed by atoms with Gasteiger partial charge in [0.2, 0.25) is 0 Å². The van der Waals surface area contributed by atoms with Crippen LogP contribution in [-0.2, 0) is 26.2 Å². The van der Waals surface area contributed by atoms with E-state index in [0.29, 0.717) is 22.1 Å². The summed E-state index contributed by atoms with van der Waals surface area (Å²) in [6.45, 7) is 15.2. The van der Waals surface area contributed by atoms with Crippen molar-refractivity contribution in [3.8, 4) is 23.0 Å². The molecule has 0 atom stereocenters. The Labute approximate surface area is 325 Å². The molecule has 8 rings (SSSR count). The first-order valence-electron chi connectivity index (χ1n) is 16.4. The molecule has 8 aromatic rings. The molecule has 0 saturated carbocycles. The molecule has 0 radical (unpaired) electrons. The summed E-state index contributed by atoms with van der Waals surface area (Å²) in [5.74, 6) is 0.752. The molecule has 0 amide bonds. The van der Waals surface area contributed by atoms with Gasteiger partial charge in [-0.2, -0.15) is 0 Å². The second-order valence-electron chi connectivity index (χ2n) is 12.2. The van der Waals surface area contributed by atoms with Crippen molar-refractivity contribution in [1.29, 1.82) is 0 Å². The van der Waals surface area contributed by atoms with Crippen LogP contribution in [0.15, 0.2) is 72.8 Å². The Kier molecular flexibility index (Phi) is 13.0. The van der Waals surface area contributed by atoms with E-state index in [1.807, 2.05) is 79.7 Å². The normalized spacial score (nSPS) is 10.4. The van der Waals surface area contributed by atoms with Gasteiger partial charge in [-0.15, -0.1) is 0 Å². The number of aromatic hydroxyl groups is 4. The number of hydrogen-bond donors (Lipinski definition) is 4. The fourth-order valence-corrected chi connectivity index (χ4v) is 4.94. The number of benzene rings is 4. The fourth-order valence-electron chi connectivity index (χ4n) is 4.94. The van der Waals surface area contributed by atoms with Crippen LogP contribution in [0.4, 0.5) is 0 Å². The topological polar surface area (TPSA) is 184 Å². The van der Waals surface area contributed by atoms with Gasteiger partial charge < -0.3 is 20.4 Å². The zero-order valence-electron chi connectivity index (χ0n) is 30.8. The largest absolute Gasteiger partial charge is 0.506 e. The Morgan fingerprint density at radius 2 is 0.453 bits per heavy atom. The van der Waals surface area contributed by atoms with Crippen LogP contribution in [0.5, 0.6) is 23.0 Å². The molecule has 0 spiro atoms. The van der Waals surface area contributed by atoms with Crippen LogP contribution in [0.3, 0.4) is 0 Å². The Bertz CT molecular complexity index is 2230. The summed E-state index contributed by atoms with van der Waals surface area (Å²) in [6.07, 6.45) is 0. The number of rotatable bonds is 0. The predicted octanol–water partition coefficient (Wildman–Crippen LogP) is 7.81. The van der Waals surface area contributed by atoms with Crippen LogP contribution in [0.1, 0.15) is 45.6 Å². The van der Waals surface area contributed by atoms with Gasteiger partial charge in [0.1, 0.15) is 45.1 Å². The fraction of sp³-hybridized carbons (Fsp3) is 0.200. The minimum absolute atomic E-state index is 0.